The third kappa shape index (κ3) is 7.28. The fourth-order valence-corrected chi connectivity index (χ4v) is 4.53. The summed E-state index contributed by atoms with van der Waals surface area (Å²) in [5, 5.41) is 6.99. The predicted octanol–water partition coefficient (Wildman–Crippen LogP) is 2.95. The summed E-state index contributed by atoms with van der Waals surface area (Å²) in [5.74, 6) is 1.90. The van der Waals surface area contributed by atoms with Crippen LogP contribution in [-0.2, 0) is 6.54 Å². The molecular formula is C25H38IN7. The number of likely N-dealkylation sites (N-methyl/N-ethyl adjacent to an activating group) is 1. The molecule has 7 nitrogen and oxygen atoms in total. The molecule has 0 radical (unpaired) electrons. The van der Waals surface area contributed by atoms with Gasteiger partial charge in [-0.1, -0.05) is 36.4 Å². The summed E-state index contributed by atoms with van der Waals surface area (Å²) in [7, 11) is 4.01. The fraction of sp³-hybridized carbons (Fsp3) is 0.520. The quantitative estimate of drug-likeness (QED) is 0.307. The Morgan fingerprint density at radius 3 is 2.33 bits per heavy atom. The Labute approximate surface area is 215 Å². The molecule has 1 unspecified atom stereocenters. The molecule has 4 rings (SSSR count). The van der Waals surface area contributed by atoms with Gasteiger partial charge in [-0.25, -0.2) is 4.98 Å². The van der Waals surface area contributed by atoms with E-state index in [2.05, 4.69) is 79.8 Å². The zero-order valence-electron chi connectivity index (χ0n) is 19.9. The zero-order valence-corrected chi connectivity index (χ0v) is 22.2. The minimum Gasteiger partial charge on any atom is -0.354 e. The average molecular weight is 564 g/mol. The van der Waals surface area contributed by atoms with Crippen LogP contribution in [0.1, 0.15) is 30.0 Å². The average Bonchev–Trinajstić information content (AvgIpc) is 3.37. The Morgan fingerprint density at radius 2 is 1.70 bits per heavy atom. The van der Waals surface area contributed by atoms with Gasteiger partial charge in [0.15, 0.2) is 5.96 Å². The number of nitrogens with one attached hydrogen (secondary N) is 2. The zero-order chi connectivity index (χ0) is 22.2. The summed E-state index contributed by atoms with van der Waals surface area (Å²) < 4.78 is 0. The van der Waals surface area contributed by atoms with Crippen LogP contribution in [0.15, 0.2) is 53.7 Å². The van der Waals surface area contributed by atoms with Crippen LogP contribution in [0.25, 0.3) is 0 Å². The first-order valence-electron chi connectivity index (χ1n) is 11.8. The van der Waals surface area contributed by atoms with Gasteiger partial charge < -0.3 is 20.4 Å². The highest BCUT2D eigenvalue weighted by molar-refractivity contribution is 14.0. The summed E-state index contributed by atoms with van der Waals surface area (Å²) >= 11 is 0. The first kappa shape index (κ1) is 25.7. The SMILES string of the molecule is CN=C(NCc1ccc(N2CCN(C)CC2)nc1)NCC(c1ccccc1)N1CCCC1.I. The second kappa shape index (κ2) is 13.1. The lowest BCUT2D eigenvalue weighted by molar-refractivity contribution is 0.245. The maximum absolute atomic E-state index is 4.70. The molecule has 3 heterocycles. The van der Waals surface area contributed by atoms with Crippen molar-refractivity contribution < 1.29 is 0 Å². The topological polar surface area (TPSA) is 59.0 Å². The van der Waals surface area contributed by atoms with Crippen LogP contribution in [0.3, 0.4) is 0 Å². The van der Waals surface area contributed by atoms with Gasteiger partial charge >= 0.3 is 0 Å². The lowest BCUT2D eigenvalue weighted by atomic mass is 10.1. The largest absolute Gasteiger partial charge is 0.354 e. The summed E-state index contributed by atoms with van der Waals surface area (Å²) in [5.41, 5.74) is 2.52. The van der Waals surface area contributed by atoms with Gasteiger partial charge in [0.1, 0.15) is 5.82 Å². The molecule has 33 heavy (non-hydrogen) atoms. The number of rotatable bonds is 7. The molecule has 1 aromatic heterocycles. The van der Waals surface area contributed by atoms with Crippen LogP contribution in [0.4, 0.5) is 5.82 Å². The number of nitrogens with zero attached hydrogens (tertiary/aromatic N) is 5. The number of aliphatic imine (C=N–C) groups is 1. The van der Waals surface area contributed by atoms with Crippen molar-refractivity contribution in [2.75, 3.05) is 64.8 Å². The van der Waals surface area contributed by atoms with Crippen molar-refractivity contribution in [1.82, 2.24) is 25.4 Å². The second-order valence-corrected chi connectivity index (χ2v) is 8.79. The van der Waals surface area contributed by atoms with Crippen molar-refractivity contribution in [3.8, 4) is 0 Å². The molecule has 0 saturated carbocycles. The highest BCUT2D eigenvalue weighted by atomic mass is 127. The number of aromatic nitrogens is 1. The molecule has 180 valence electrons. The predicted molar refractivity (Wildman–Crippen MR) is 148 cm³/mol. The van der Waals surface area contributed by atoms with E-state index in [4.69, 9.17) is 4.98 Å². The van der Waals surface area contributed by atoms with Gasteiger partial charge in [0.05, 0.1) is 6.04 Å². The molecule has 2 aromatic rings. The van der Waals surface area contributed by atoms with Crippen molar-refractivity contribution in [1.29, 1.82) is 0 Å². The number of benzene rings is 1. The van der Waals surface area contributed by atoms with Gasteiger partial charge in [-0.05, 0) is 50.2 Å². The highest BCUT2D eigenvalue weighted by Crippen LogP contribution is 2.24. The number of halogens is 1. The Hall–Kier alpha value is -1.91. The van der Waals surface area contributed by atoms with E-state index in [0.717, 1.165) is 50.1 Å². The minimum absolute atomic E-state index is 0. The van der Waals surface area contributed by atoms with Crippen LogP contribution >= 0.6 is 24.0 Å². The van der Waals surface area contributed by atoms with E-state index >= 15 is 0 Å². The molecule has 2 aliphatic heterocycles. The summed E-state index contributed by atoms with van der Waals surface area (Å²) in [4.78, 5) is 16.4. The van der Waals surface area contributed by atoms with Gasteiger partial charge in [-0.2, -0.15) is 0 Å². The van der Waals surface area contributed by atoms with Crippen molar-refractivity contribution in [2.24, 2.45) is 4.99 Å². The number of likely N-dealkylation sites (tertiary alicyclic amines) is 1. The molecule has 8 heteroatoms. The summed E-state index contributed by atoms with van der Waals surface area (Å²) in [6.07, 6.45) is 4.55. The highest BCUT2D eigenvalue weighted by Gasteiger charge is 2.23. The summed E-state index contributed by atoms with van der Waals surface area (Å²) in [6, 6.07) is 15.5. The van der Waals surface area contributed by atoms with Crippen LogP contribution in [0.5, 0.6) is 0 Å². The number of anilines is 1. The normalized spacial score (nSPS) is 18.6. The molecule has 2 aliphatic rings. The van der Waals surface area contributed by atoms with Crippen molar-refractivity contribution >= 4 is 35.8 Å². The monoisotopic (exact) mass is 563 g/mol. The first-order valence-corrected chi connectivity index (χ1v) is 11.8. The van der Waals surface area contributed by atoms with Gasteiger partial charge in [0.25, 0.3) is 0 Å². The maximum Gasteiger partial charge on any atom is 0.191 e. The van der Waals surface area contributed by atoms with E-state index in [0.29, 0.717) is 12.6 Å². The van der Waals surface area contributed by atoms with Gasteiger partial charge in [0.2, 0.25) is 0 Å². The van der Waals surface area contributed by atoms with Crippen LogP contribution < -0.4 is 15.5 Å². The molecule has 2 N–H and O–H groups in total. The Balaban J connectivity index is 0.00000306. The molecular weight excluding hydrogens is 525 g/mol. The standard InChI is InChI=1S/C25H37N7.HI/c1-26-25(29-20-23(31-12-6-7-13-31)22-8-4-3-5-9-22)28-19-21-10-11-24(27-18-21)32-16-14-30(2)15-17-32;/h3-5,8-11,18,23H,6-7,12-17,19-20H2,1-2H3,(H2,26,28,29);1H. The van der Waals surface area contributed by atoms with E-state index in [-0.39, 0.29) is 24.0 Å². The smallest absolute Gasteiger partial charge is 0.191 e. The Kier molecular flexibility index (Phi) is 10.2. The summed E-state index contributed by atoms with van der Waals surface area (Å²) in [6.45, 7) is 8.13. The van der Waals surface area contributed by atoms with Crippen molar-refractivity contribution in [3.63, 3.8) is 0 Å². The van der Waals surface area contributed by atoms with Gasteiger partial charge in [-0.3, -0.25) is 9.89 Å². The van der Waals surface area contributed by atoms with E-state index in [1.54, 1.807) is 0 Å². The van der Waals surface area contributed by atoms with Crippen molar-refractivity contribution in [2.45, 2.75) is 25.4 Å². The van der Waals surface area contributed by atoms with E-state index in [9.17, 15) is 0 Å². The Morgan fingerprint density at radius 1 is 0.970 bits per heavy atom. The Bertz CT molecular complexity index is 845. The molecule has 2 saturated heterocycles. The van der Waals surface area contributed by atoms with Crippen molar-refractivity contribution in [3.05, 3.63) is 59.8 Å². The molecule has 0 spiro atoms. The van der Waals surface area contributed by atoms with Crippen LogP contribution in [-0.4, -0.2) is 80.7 Å². The number of guanidine groups is 1. The molecule has 0 amide bonds. The third-order valence-corrected chi connectivity index (χ3v) is 6.55. The molecule has 1 aromatic carbocycles. The number of hydrogen-bond donors (Lipinski definition) is 2. The maximum atomic E-state index is 4.70. The van der Waals surface area contributed by atoms with Crippen LogP contribution in [0.2, 0.25) is 0 Å². The van der Waals surface area contributed by atoms with E-state index < -0.39 is 0 Å². The number of piperazine rings is 1. The fourth-order valence-electron chi connectivity index (χ4n) is 4.53. The molecule has 1 atom stereocenters. The van der Waals surface area contributed by atoms with Gasteiger partial charge in [0, 0.05) is 52.5 Å². The number of pyridine rings is 1. The third-order valence-electron chi connectivity index (χ3n) is 6.55. The van der Waals surface area contributed by atoms with E-state index in [1.165, 1.54) is 31.5 Å². The lowest BCUT2D eigenvalue weighted by Gasteiger charge is -2.33. The lowest BCUT2D eigenvalue weighted by Crippen LogP contribution is -2.44. The molecule has 0 bridgehead atoms. The first-order chi connectivity index (χ1) is 15.7. The molecule has 0 aliphatic carbocycles. The van der Waals surface area contributed by atoms with Gasteiger partial charge in [-0.15, -0.1) is 24.0 Å². The molecule has 2 fully saturated rings. The number of hydrogen-bond acceptors (Lipinski definition) is 5. The van der Waals surface area contributed by atoms with Crippen LogP contribution in [0, 0.1) is 0 Å². The second-order valence-electron chi connectivity index (χ2n) is 8.79. The minimum atomic E-state index is 0. The van der Waals surface area contributed by atoms with E-state index in [1.807, 2.05) is 13.2 Å².